The minimum atomic E-state index is -0.683. The van der Waals surface area contributed by atoms with E-state index in [-0.39, 0.29) is 12.1 Å². The molecule has 1 unspecified atom stereocenters. The van der Waals surface area contributed by atoms with Crippen molar-refractivity contribution in [2.24, 2.45) is 0 Å². The quantitative estimate of drug-likeness (QED) is 0.362. The van der Waals surface area contributed by atoms with Gasteiger partial charge in [-0.25, -0.2) is 19.1 Å². The van der Waals surface area contributed by atoms with Crippen molar-refractivity contribution in [3.8, 4) is 17.2 Å². The van der Waals surface area contributed by atoms with Gasteiger partial charge in [-0.1, -0.05) is 6.07 Å². The highest BCUT2D eigenvalue weighted by atomic mass is 16.6. The van der Waals surface area contributed by atoms with E-state index in [4.69, 9.17) is 14.2 Å². The molecule has 2 aromatic heterocycles. The Morgan fingerprint density at radius 3 is 2.48 bits per heavy atom. The summed E-state index contributed by atoms with van der Waals surface area (Å²) in [5.41, 5.74) is 4.57. The van der Waals surface area contributed by atoms with Crippen molar-refractivity contribution in [1.29, 1.82) is 5.26 Å². The van der Waals surface area contributed by atoms with Gasteiger partial charge in [0.2, 0.25) is 0 Å². The maximum atomic E-state index is 13.1. The van der Waals surface area contributed by atoms with Gasteiger partial charge in [0.05, 0.1) is 24.8 Å². The van der Waals surface area contributed by atoms with Gasteiger partial charge in [0.15, 0.2) is 5.65 Å². The van der Waals surface area contributed by atoms with Crippen LogP contribution in [0, 0.1) is 11.3 Å². The zero-order chi connectivity index (χ0) is 28.8. The van der Waals surface area contributed by atoms with Crippen molar-refractivity contribution in [2.75, 3.05) is 13.2 Å². The van der Waals surface area contributed by atoms with Gasteiger partial charge in [-0.15, -0.1) is 0 Å². The van der Waals surface area contributed by atoms with Gasteiger partial charge in [-0.05, 0) is 95.2 Å². The Morgan fingerprint density at radius 1 is 1.05 bits per heavy atom. The van der Waals surface area contributed by atoms with Gasteiger partial charge in [-0.3, -0.25) is 0 Å². The summed E-state index contributed by atoms with van der Waals surface area (Å²) < 4.78 is 18.4. The lowest BCUT2D eigenvalue weighted by molar-refractivity contribution is 0.0220. The van der Waals surface area contributed by atoms with Crippen molar-refractivity contribution < 1.29 is 23.8 Å². The lowest BCUT2D eigenvalue weighted by Crippen LogP contribution is -2.36. The largest absolute Gasteiger partial charge is 0.444 e. The number of nitrogens with zero attached hydrogens (tertiary/aromatic N) is 4. The van der Waals surface area contributed by atoms with Crippen LogP contribution in [0.1, 0.15) is 82.7 Å². The number of fused-ring (bicyclic) bond motifs is 2. The van der Waals surface area contributed by atoms with E-state index in [1.165, 1.54) is 16.3 Å². The van der Waals surface area contributed by atoms with E-state index < -0.39 is 17.3 Å². The highest BCUT2D eigenvalue weighted by molar-refractivity contribution is 5.93. The monoisotopic (exact) mass is 544 g/mol. The van der Waals surface area contributed by atoms with Gasteiger partial charge in [0.1, 0.15) is 17.3 Å². The highest BCUT2D eigenvalue weighted by Gasteiger charge is 2.35. The third-order valence-electron chi connectivity index (χ3n) is 7.07. The second-order valence-corrected chi connectivity index (χ2v) is 12.4. The van der Waals surface area contributed by atoms with E-state index in [1.54, 1.807) is 27.0 Å². The zero-order valence-electron chi connectivity index (χ0n) is 24.0. The fourth-order valence-electron chi connectivity index (χ4n) is 5.41. The molecular weight excluding hydrogens is 508 g/mol. The van der Waals surface area contributed by atoms with Crippen LogP contribution in [0.4, 0.5) is 9.59 Å². The molecule has 1 aromatic carbocycles. The Kier molecular flexibility index (Phi) is 7.09. The summed E-state index contributed by atoms with van der Waals surface area (Å²) >= 11 is 0. The predicted molar refractivity (Wildman–Crippen MR) is 150 cm³/mol. The third kappa shape index (κ3) is 5.54. The Morgan fingerprint density at radius 2 is 1.77 bits per heavy atom. The van der Waals surface area contributed by atoms with Crippen LogP contribution in [-0.4, -0.2) is 51.0 Å². The molecule has 1 amide bonds. The molecule has 5 rings (SSSR count). The molecule has 40 heavy (non-hydrogen) atoms. The molecule has 1 fully saturated rings. The number of benzene rings is 1. The minimum Gasteiger partial charge on any atom is -0.444 e. The van der Waals surface area contributed by atoms with E-state index >= 15 is 0 Å². The van der Waals surface area contributed by atoms with Crippen molar-refractivity contribution in [2.45, 2.75) is 84.7 Å². The van der Waals surface area contributed by atoms with E-state index in [1.807, 2.05) is 31.7 Å². The number of amides is 1. The highest BCUT2D eigenvalue weighted by Crippen LogP contribution is 2.40. The first-order chi connectivity index (χ1) is 18.8. The van der Waals surface area contributed by atoms with E-state index in [9.17, 15) is 14.9 Å². The summed E-state index contributed by atoms with van der Waals surface area (Å²) in [5.74, 6) is 0. The average molecular weight is 545 g/mol. The molecule has 1 saturated heterocycles. The van der Waals surface area contributed by atoms with Gasteiger partial charge < -0.3 is 19.1 Å². The predicted octanol–water partition coefficient (Wildman–Crippen LogP) is 6.50. The normalized spacial score (nSPS) is 17.4. The molecule has 0 bridgehead atoms. The number of nitriles is 1. The van der Waals surface area contributed by atoms with Crippen molar-refractivity contribution >= 4 is 23.2 Å². The summed E-state index contributed by atoms with van der Waals surface area (Å²) in [7, 11) is 0. The first kappa shape index (κ1) is 27.7. The van der Waals surface area contributed by atoms with Gasteiger partial charge in [0, 0.05) is 29.9 Å². The molecule has 0 N–H and O–H groups in total. The van der Waals surface area contributed by atoms with Crippen LogP contribution >= 0.6 is 0 Å². The van der Waals surface area contributed by atoms with Crippen LogP contribution in [0.25, 0.3) is 22.2 Å². The second-order valence-electron chi connectivity index (χ2n) is 12.4. The van der Waals surface area contributed by atoms with Crippen LogP contribution < -0.4 is 0 Å². The first-order valence-electron chi connectivity index (χ1n) is 13.7. The Balaban J connectivity index is 1.58. The number of ether oxygens (including phenoxy) is 3. The number of aromatic nitrogens is 2. The molecular formula is C31H36N4O5. The average Bonchev–Trinajstić information content (AvgIpc) is 3.51. The maximum absolute atomic E-state index is 13.1. The van der Waals surface area contributed by atoms with E-state index in [0.29, 0.717) is 36.4 Å². The van der Waals surface area contributed by atoms with Crippen LogP contribution in [0.5, 0.6) is 0 Å². The fourth-order valence-corrected chi connectivity index (χ4v) is 5.41. The summed E-state index contributed by atoms with van der Waals surface area (Å²) in [6.07, 6.45) is 4.79. The Labute approximate surface area is 234 Å². The SMILES string of the molecule is CC(C)(C)OC(=O)N1CCCC1c1cc(-c2cnc3c(c2)c(C#N)cn3C(=O)OC(C)(C)C)cc2c1COCC2. The summed E-state index contributed by atoms with van der Waals surface area (Å²) in [5, 5.41) is 10.4. The lowest BCUT2D eigenvalue weighted by Gasteiger charge is -2.31. The number of rotatable bonds is 2. The molecule has 0 saturated carbocycles. The summed E-state index contributed by atoms with van der Waals surface area (Å²) in [4.78, 5) is 32.4. The number of pyridine rings is 1. The number of hydrogen-bond donors (Lipinski definition) is 0. The van der Waals surface area contributed by atoms with Gasteiger partial charge >= 0.3 is 12.2 Å². The van der Waals surface area contributed by atoms with Crippen molar-refractivity contribution in [3.05, 3.63) is 52.8 Å². The lowest BCUT2D eigenvalue weighted by atomic mass is 9.88. The van der Waals surface area contributed by atoms with Crippen molar-refractivity contribution in [1.82, 2.24) is 14.5 Å². The molecule has 0 spiro atoms. The number of hydrogen-bond acceptors (Lipinski definition) is 7. The van der Waals surface area contributed by atoms with Crippen LogP contribution in [0.2, 0.25) is 0 Å². The van der Waals surface area contributed by atoms with Crippen molar-refractivity contribution in [3.63, 3.8) is 0 Å². The molecule has 2 aliphatic heterocycles. The van der Waals surface area contributed by atoms with Crippen LogP contribution in [0.15, 0.2) is 30.6 Å². The molecule has 9 heteroatoms. The number of carbonyl (C=O) groups excluding carboxylic acids is 2. The first-order valence-corrected chi connectivity index (χ1v) is 13.7. The molecule has 210 valence electrons. The van der Waals surface area contributed by atoms with Crippen LogP contribution in [-0.2, 0) is 27.2 Å². The Hall–Kier alpha value is -3.90. The molecule has 2 aliphatic rings. The molecule has 9 nitrogen and oxygen atoms in total. The molecule has 0 radical (unpaired) electrons. The smallest absolute Gasteiger partial charge is 0.420 e. The number of likely N-dealkylation sites (tertiary alicyclic amines) is 1. The molecule has 4 heterocycles. The van der Waals surface area contributed by atoms with Gasteiger partial charge in [0.25, 0.3) is 0 Å². The fraction of sp³-hybridized carbons (Fsp3) is 0.484. The zero-order valence-corrected chi connectivity index (χ0v) is 24.0. The maximum Gasteiger partial charge on any atom is 0.420 e. The molecule has 1 atom stereocenters. The Bertz CT molecular complexity index is 1520. The third-order valence-corrected chi connectivity index (χ3v) is 7.07. The van der Waals surface area contributed by atoms with Gasteiger partial charge in [-0.2, -0.15) is 5.26 Å². The summed E-state index contributed by atoms with van der Waals surface area (Å²) in [6.45, 7) is 12.8. The topological polar surface area (TPSA) is 107 Å². The standard InChI is InChI=1S/C31H36N4O5/c1-30(2,3)39-28(36)34-10-7-8-26(34)24-13-20(12-19-9-11-38-18-25(19)24)21-14-23-22(15-32)17-35(27(23)33-16-21)29(37)40-31(4,5)6/h12-14,16-17,26H,7-11,18H2,1-6H3. The van der Waals surface area contributed by atoms with E-state index in [2.05, 4.69) is 23.2 Å². The number of carbonyl (C=O) groups is 2. The molecule has 3 aromatic rings. The van der Waals surface area contributed by atoms with E-state index in [0.717, 1.165) is 41.5 Å². The summed E-state index contributed by atoms with van der Waals surface area (Å²) in [6, 6.07) is 8.22. The van der Waals surface area contributed by atoms with Crippen LogP contribution in [0.3, 0.4) is 0 Å². The second kappa shape index (κ2) is 10.3. The molecule has 0 aliphatic carbocycles. The minimum absolute atomic E-state index is 0.120.